The molecule has 0 saturated carbocycles. The Hall–Kier alpha value is -4.47. The summed E-state index contributed by atoms with van der Waals surface area (Å²) in [5.74, 6) is -1.39. The van der Waals surface area contributed by atoms with Crippen LogP contribution in [-0.4, -0.2) is 11.6 Å². The summed E-state index contributed by atoms with van der Waals surface area (Å²) >= 11 is 0. The third kappa shape index (κ3) is 4.89. The van der Waals surface area contributed by atoms with Crippen molar-refractivity contribution in [2.24, 2.45) is 0 Å². The minimum absolute atomic E-state index is 0.269. The highest BCUT2D eigenvalue weighted by atomic mass is 31.2. The second-order valence-electron chi connectivity index (χ2n) is 8.71. The lowest BCUT2D eigenvalue weighted by molar-refractivity contribution is 0.103. The van der Waals surface area contributed by atoms with Crippen molar-refractivity contribution in [3.05, 3.63) is 161 Å². The molecule has 0 bridgehead atoms. The molecule has 0 N–H and O–H groups in total. The average Bonchev–Trinajstić information content (AvgIpc) is 2.97. The van der Waals surface area contributed by atoms with Crippen molar-refractivity contribution in [1.82, 2.24) is 0 Å². The van der Waals surface area contributed by atoms with Crippen molar-refractivity contribution in [1.29, 1.82) is 0 Å². The number of carbonyl (C=O) groups excluding carboxylic acids is 2. The third-order valence-electron chi connectivity index (χ3n) is 6.32. The minimum atomic E-state index is -3.36. The monoisotopic (exact) mass is 522 g/mol. The Morgan fingerprint density at radius 2 is 0.711 bits per heavy atom. The van der Waals surface area contributed by atoms with Crippen molar-refractivity contribution >= 4 is 34.6 Å². The molecule has 0 saturated heterocycles. The normalized spacial score (nSPS) is 11.2. The molecule has 5 aromatic rings. The van der Waals surface area contributed by atoms with Crippen LogP contribution in [0.2, 0.25) is 0 Å². The van der Waals surface area contributed by atoms with E-state index in [2.05, 4.69) is 0 Å². The highest BCUT2D eigenvalue weighted by molar-refractivity contribution is 7.85. The average molecular weight is 522 g/mol. The quantitative estimate of drug-likeness (QED) is 0.193. The predicted molar refractivity (Wildman–Crippen MR) is 145 cm³/mol. The first-order valence-electron chi connectivity index (χ1n) is 11.8. The van der Waals surface area contributed by atoms with E-state index in [0.29, 0.717) is 38.2 Å². The fourth-order valence-corrected chi connectivity index (χ4v) is 6.89. The molecular weight excluding hydrogens is 501 g/mol. The second kappa shape index (κ2) is 10.5. The largest absolute Gasteiger partial charge is 0.309 e. The summed E-state index contributed by atoms with van der Waals surface area (Å²) in [6.07, 6.45) is 0. The van der Waals surface area contributed by atoms with Crippen molar-refractivity contribution < 1.29 is 22.9 Å². The lowest BCUT2D eigenvalue weighted by atomic mass is 10.0. The number of rotatable bonds is 7. The number of hydrogen-bond donors (Lipinski definition) is 0. The van der Waals surface area contributed by atoms with E-state index in [1.165, 1.54) is 48.5 Å². The number of carbonyl (C=O) groups is 2. The van der Waals surface area contributed by atoms with E-state index in [4.69, 9.17) is 0 Å². The van der Waals surface area contributed by atoms with Gasteiger partial charge in [-0.25, -0.2) is 8.78 Å². The fourth-order valence-electron chi connectivity index (χ4n) is 4.27. The summed E-state index contributed by atoms with van der Waals surface area (Å²) in [4.78, 5) is 25.7. The van der Waals surface area contributed by atoms with Gasteiger partial charge in [-0.3, -0.25) is 9.59 Å². The molecule has 0 spiro atoms. The van der Waals surface area contributed by atoms with Gasteiger partial charge in [0.05, 0.1) is 0 Å². The molecule has 0 atom stereocenters. The first kappa shape index (κ1) is 25.2. The standard InChI is InChI=1S/C32H21F2O3P/c33-26-14-6-22(7-15-26)31(35)24-10-18-29(19-11-24)38(37,28-4-2-1-3-5-28)30-20-12-25(13-21-30)32(36)23-8-16-27(34)17-9-23/h1-21H. The van der Waals surface area contributed by atoms with E-state index in [9.17, 15) is 22.9 Å². The molecule has 0 aliphatic carbocycles. The first-order valence-corrected chi connectivity index (χ1v) is 13.5. The van der Waals surface area contributed by atoms with Crippen molar-refractivity contribution in [3.63, 3.8) is 0 Å². The lowest BCUT2D eigenvalue weighted by Crippen LogP contribution is -2.25. The van der Waals surface area contributed by atoms with Gasteiger partial charge in [-0.1, -0.05) is 78.9 Å². The van der Waals surface area contributed by atoms with Crippen molar-refractivity contribution in [2.45, 2.75) is 0 Å². The van der Waals surface area contributed by atoms with E-state index in [0.717, 1.165) is 0 Å². The number of halogens is 2. The van der Waals surface area contributed by atoms with E-state index in [-0.39, 0.29) is 11.6 Å². The second-order valence-corrected chi connectivity index (χ2v) is 11.5. The lowest BCUT2D eigenvalue weighted by Gasteiger charge is -2.20. The molecule has 0 unspecified atom stereocenters. The number of hydrogen-bond acceptors (Lipinski definition) is 3. The zero-order valence-electron chi connectivity index (χ0n) is 20.1. The third-order valence-corrected chi connectivity index (χ3v) is 9.39. The molecule has 0 aromatic heterocycles. The van der Waals surface area contributed by atoms with Crippen LogP contribution in [-0.2, 0) is 4.57 Å². The summed E-state index contributed by atoms with van der Waals surface area (Å²) in [5, 5.41) is 1.66. The Morgan fingerprint density at radius 3 is 1.05 bits per heavy atom. The van der Waals surface area contributed by atoms with Gasteiger partial charge in [-0.05, 0) is 48.5 Å². The molecule has 0 aliphatic heterocycles. The fraction of sp³-hybridized carbons (Fsp3) is 0. The summed E-state index contributed by atoms with van der Waals surface area (Å²) < 4.78 is 41.3. The van der Waals surface area contributed by atoms with E-state index in [1.807, 2.05) is 6.07 Å². The van der Waals surface area contributed by atoms with Crippen molar-refractivity contribution in [2.75, 3.05) is 0 Å². The molecule has 186 valence electrons. The summed E-state index contributed by atoms with van der Waals surface area (Å²) in [7, 11) is -3.36. The zero-order valence-corrected chi connectivity index (χ0v) is 20.9. The minimum Gasteiger partial charge on any atom is -0.309 e. The van der Waals surface area contributed by atoms with Gasteiger partial charge >= 0.3 is 0 Å². The van der Waals surface area contributed by atoms with Crippen LogP contribution in [0.1, 0.15) is 31.8 Å². The van der Waals surface area contributed by atoms with Crippen molar-refractivity contribution in [3.8, 4) is 0 Å². The zero-order chi connectivity index (χ0) is 26.7. The van der Waals surface area contributed by atoms with Crippen LogP contribution in [0, 0.1) is 11.6 Å². The van der Waals surface area contributed by atoms with Gasteiger partial charge in [0.1, 0.15) is 11.6 Å². The number of ketones is 2. The van der Waals surface area contributed by atoms with E-state index in [1.54, 1.807) is 72.8 Å². The Balaban J connectivity index is 1.51. The van der Waals surface area contributed by atoms with Crippen LogP contribution < -0.4 is 15.9 Å². The Bertz CT molecular complexity index is 1540. The smallest absolute Gasteiger partial charge is 0.193 e. The Kier molecular flexibility index (Phi) is 6.95. The molecule has 6 heteroatoms. The van der Waals surface area contributed by atoms with Crippen LogP contribution in [0.5, 0.6) is 0 Å². The maximum atomic E-state index is 14.7. The Morgan fingerprint density at radius 1 is 0.421 bits per heavy atom. The highest BCUT2D eigenvalue weighted by Gasteiger charge is 2.30. The first-order chi connectivity index (χ1) is 18.4. The van der Waals surface area contributed by atoms with Crippen LogP contribution in [0.25, 0.3) is 0 Å². The van der Waals surface area contributed by atoms with Crippen LogP contribution in [0.4, 0.5) is 8.78 Å². The van der Waals surface area contributed by atoms with Gasteiger partial charge in [0.15, 0.2) is 18.7 Å². The predicted octanol–water partition coefficient (Wildman–Crippen LogP) is 6.07. The van der Waals surface area contributed by atoms with Gasteiger partial charge in [0.25, 0.3) is 0 Å². The van der Waals surface area contributed by atoms with Gasteiger partial charge < -0.3 is 4.57 Å². The number of benzene rings is 5. The van der Waals surface area contributed by atoms with E-state index >= 15 is 0 Å². The molecule has 0 heterocycles. The SMILES string of the molecule is O=C(c1ccc(F)cc1)c1ccc(P(=O)(c2ccccc2)c2ccc(C(=O)c3ccc(F)cc3)cc2)cc1. The molecule has 0 fully saturated rings. The van der Waals surface area contributed by atoms with E-state index < -0.39 is 18.8 Å². The molecule has 0 aliphatic rings. The molecule has 5 rings (SSSR count). The summed E-state index contributed by atoms with van der Waals surface area (Å²) in [6.45, 7) is 0. The molecule has 3 nitrogen and oxygen atoms in total. The summed E-state index contributed by atoms with van der Waals surface area (Å²) in [6, 6.07) is 32.8. The van der Waals surface area contributed by atoms with Gasteiger partial charge in [-0.15, -0.1) is 0 Å². The summed E-state index contributed by atoms with van der Waals surface area (Å²) in [5.41, 5.74) is 1.49. The highest BCUT2D eigenvalue weighted by Crippen LogP contribution is 2.42. The molecule has 5 aromatic carbocycles. The Labute approximate surface area is 218 Å². The molecule has 38 heavy (non-hydrogen) atoms. The molecule has 0 amide bonds. The van der Waals surface area contributed by atoms with Gasteiger partial charge in [0, 0.05) is 38.2 Å². The van der Waals surface area contributed by atoms with Gasteiger partial charge in [0.2, 0.25) is 0 Å². The topological polar surface area (TPSA) is 51.2 Å². The maximum Gasteiger partial charge on any atom is 0.193 e. The van der Waals surface area contributed by atoms with Gasteiger partial charge in [-0.2, -0.15) is 0 Å². The molecular formula is C32H21F2O3P. The van der Waals surface area contributed by atoms with Crippen LogP contribution in [0.3, 0.4) is 0 Å². The van der Waals surface area contributed by atoms with Crippen LogP contribution in [0.15, 0.2) is 127 Å². The van der Waals surface area contributed by atoms with Crippen LogP contribution >= 0.6 is 7.14 Å². The maximum absolute atomic E-state index is 14.7. The molecule has 0 radical (unpaired) electrons.